The van der Waals surface area contributed by atoms with Gasteiger partial charge in [-0.15, -0.1) is 0 Å². The Balaban J connectivity index is 1.99. The van der Waals surface area contributed by atoms with Gasteiger partial charge in [-0.2, -0.15) is 9.65 Å². The van der Waals surface area contributed by atoms with Gasteiger partial charge in [0.25, 0.3) is 0 Å². The fraction of sp³-hybridized carbons (Fsp3) is 0.360. The summed E-state index contributed by atoms with van der Waals surface area (Å²) in [7, 11) is 1.89. The molecule has 0 aliphatic carbocycles. The van der Waals surface area contributed by atoms with Crippen molar-refractivity contribution >= 4 is 6.08 Å². The molecule has 1 aromatic carbocycles. The van der Waals surface area contributed by atoms with Gasteiger partial charge in [0.2, 0.25) is 5.95 Å². The van der Waals surface area contributed by atoms with E-state index >= 15 is 0 Å². The van der Waals surface area contributed by atoms with Crippen molar-refractivity contribution in [2.45, 2.75) is 25.8 Å². The van der Waals surface area contributed by atoms with Gasteiger partial charge in [0, 0.05) is 12.2 Å². The Bertz CT molecular complexity index is 922. The van der Waals surface area contributed by atoms with Gasteiger partial charge >= 0.3 is 0 Å². The molecule has 0 fully saturated rings. The number of hydrogen-bond donors (Lipinski definition) is 2. The van der Waals surface area contributed by atoms with Crippen molar-refractivity contribution < 1.29 is 13.9 Å². The van der Waals surface area contributed by atoms with Gasteiger partial charge in [0.05, 0.1) is 30.5 Å². The minimum atomic E-state index is -0.592. The van der Waals surface area contributed by atoms with Crippen LogP contribution in [0.5, 0.6) is 5.75 Å². The Morgan fingerprint density at radius 1 is 1.22 bits per heavy atom. The van der Waals surface area contributed by atoms with Crippen molar-refractivity contribution in [1.29, 1.82) is 5.26 Å². The van der Waals surface area contributed by atoms with Crippen molar-refractivity contribution in [1.82, 2.24) is 15.6 Å². The molecular formula is C25H31FN4O2. The number of likely N-dealkylation sites (N-methyl/N-ethyl adjacent to an activating group) is 1. The van der Waals surface area contributed by atoms with Gasteiger partial charge in [0.1, 0.15) is 18.4 Å². The molecule has 0 saturated heterocycles. The summed E-state index contributed by atoms with van der Waals surface area (Å²) in [6, 6.07) is 14.4. The number of aromatic nitrogens is 1. The van der Waals surface area contributed by atoms with Crippen molar-refractivity contribution in [3.63, 3.8) is 0 Å². The van der Waals surface area contributed by atoms with E-state index in [1.807, 2.05) is 31.3 Å². The largest absolute Gasteiger partial charge is 0.491 e. The molecule has 0 aliphatic rings. The maximum atomic E-state index is 13.4. The van der Waals surface area contributed by atoms with E-state index in [2.05, 4.69) is 35.2 Å². The number of pyridine rings is 1. The van der Waals surface area contributed by atoms with E-state index in [0.717, 1.165) is 30.7 Å². The SMILES string of the molecule is C=C(NC(CCC)c1ccc(OCCOCCNC)cc1)/C(C#N)=C/c1cccc(F)n1. The number of nitrogens with zero attached hydrogens (tertiary/aromatic N) is 2. The van der Waals surface area contributed by atoms with Gasteiger partial charge < -0.3 is 20.1 Å². The first kappa shape index (κ1) is 25.1. The molecule has 0 saturated carbocycles. The summed E-state index contributed by atoms with van der Waals surface area (Å²) >= 11 is 0. The minimum Gasteiger partial charge on any atom is -0.491 e. The highest BCUT2D eigenvalue weighted by molar-refractivity contribution is 5.60. The zero-order chi connectivity index (χ0) is 23.2. The molecule has 0 spiro atoms. The lowest BCUT2D eigenvalue weighted by Crippen LogP contribution is -2.21. The van der Waals surface area contributed by atoms with Crippen molar-refractivity contribution in [3.05, 3.63) is 77.5 Å². The molecule has 1 aromatic heterocycles. The molecule has 7 heteroatoms. The van der Waals surface area contributed by atoms with Crippen LogP contribution < -0.4 is 15.4 Å². The number of rotatable bonds is 14. The predicted molar refractivity (Wildman–Crippen MR) is 124 cm³/mol. The molecule has 1 unspecified atom stereocenters. The van der Waals surface area contributed by atoms with Crippen molar-refractivity contribution in [2.24, 2.45) is 0 Å². The number of nitriles is 1. The minimum absolute atomic E-state index is 0.0244. The lowest BCUT2D eigenvalue weighted by molar-refractivity contribution is 0.103. The number of allylic oxidation sites excluding steroid dienone is 1. The summed E-state index contributed by atoms with van der Waals surface area (Å²) in [6.07, 6.45) is 3.33. The van der Waals surface area contributed by atoms with Gasteiger partial charge in [-0.3, -0.25) is 0 Å². The van der Waals surface area contributed by atoms with E-state index in [-0.39, 0.29) is 6.04 Å². The standard InChI is InChI=1S/C25H31FN4O2/c1-4-6-24(20-9-11-23(12-10-20)32-16-15-31-14-13-28-3)29-19(2)21(18-27)17-22-7-5-8-25(26)30-22/h5,7-12,17,24,28-29H,2,4,6,13-16H2,1,3H3/b21-17+. The van der Waals surface area contributed by atoms with E-state index in [4.69, 9.17) is 9.47 Å². The Hall–Kier alpha value is -3.21. The van der Waals surface area contributed by atoms with Crippen LogP contribution in [0, 0.1) is 17.3 Å². The van der Waals surface area contributed by atoms with Crippen LogP contribution >= 0.6 is 0 Å². The third-order valence-corrected chi connectivity index (χ3v) is 4.68. The molecule has 6 nitrogen and oxygen atoms in total. The fourth-order valence-corrected chi connectivity index (χ4v) is 3.03. The smallest absolute Gasteiger partial charge is 0.213 e. The zero-order valence-corrected chi connectivity index (χ0v) is 18.7. The van der Waals surface area contributed by atoms with Crippen LogP contribution in [-0.4, -0.2) is 38.4 Å². The fourth-order valence-electron chi connectivity index (χ4n) is 3.03. The van der Waals surface area contributed by atoms with E-state index in [9.17, 15) is 9.65 Å². The average molecular weight is 439 g/mol. The second-order valence-corrected chi connectivity index (χ2v) is 7.15. The quantitative estimate of drug-likeness (QED) is 0.197. The normalized spacial score (nSPS) is 12.1. The molecule has 170 valence electrons. The summed E-state index contributed by atoms with van der Waals surface area (Å²) in [4.78, 5) is 3.78. The summed E-state index contributed by atoms with van der Waals surface area (Å²) < 4.78 is 24.5. The summed E-state index contributed by atoms with van der Waals surface area (Å²) in [6.45, 7) is 8.60. The maximum Gasteiger partial charge on any atom is 0.213 e. The molecular weight excluding hydrogens is 407 g/mol. The van der Waals surface area contributed by atoms with Crippen LogP contribution in [0.25, 0.3) is 6.08 Å². The Morgan fingerprint density at radius 3 is 2.66 bits per heavy atom. The highest BCUT2D eigenvalue weighted by Gasteiger charge is 2.14. The molecule has 0 radical (unpaired) electrons. The molecule has 32 heavy (non-hydrogen) atoms. The molecule has 0 bridgehead atoms. The topological polar surface area (TPSA) is 79.2 Å². The summed E-state index contributed by atoms with van der Waals surface area (Å²) in [5, 5.41) is 15.9. The van der Waals surface area contributed by atoms with Crippen LogP contribution in [0.4, 0.5) is 4.39 Å². The third-order valence-electron chi connectivity index (χ3n) is 4.68. The molecule has 2 aromatic rings. The summed E-state index contributed by atoms with van der Waals surface area (Å²) in [5.41, 5.74) is 2.21. The highest BCUT2D eigenvalue weighted by atomic mass is 19.1. The lowest BCUT2D eigenvalue weighted by atomic mass is 10.0. The van der Waals surface area contributed by atoms with Crippen molar-refractivity contribution in [2.75, 3.05) is 33.4 Å². The predicted octanol–water partition coefficient (Wildman–Crippen LogP) is 4.39. The Labute approximate surface area is 189 Å². The van der Waals surface area contributed by atoms with Crippen LogP contribution in [0.15, 0.2) is 60.3 Å². The number of hydrogen-bond acceptors (Lipinski definition) is 6. The van der Waals surface area contributed by atoms with Crippen LogP contribution in [0.3, 0.4) is 0 Å². The molecule has 2 N–H and O–H groups in total. The van der Waals surface area contributed by atoms with Gasteiger partial charge in [-0.25, -0.2) is 4.98 Å². The van der Waals surface area contributed by atoms with Gasteiger partial charge in [-0.05, 0) is 49.4 Å². The van der Waals surface area contributed by atoms with Crippen LogP contribution in [-0.2, 0) is 4.74 Å². The van der Waals surface area contributed by atoms with Crippen LogP contribution in [0.2, 0.25) is 0 Å². The average Bonchev–Trinajstić information content (AvgIpc) is 2.80. The number of benzene rings is 1. The number of ether oxygens (including phenoxy) is 2. The van der Waals surface area contributed by atoms with E-state index in [1.54, 1.807) is 12.1 Å². The number of nitrogens with one attached hydrogen (secondary N) is 2. The second-order valence-electron chi connectivity index (χ2n) is 7.15. The molecule has 0 aliphatic heterocycles. The molecule has 1 heterocycles. The monoisotopic (exact) mass is 438 g/mol. The van der Waals surface area contributed by atoms with Crippen LogP contribution in [0.1, 0.15) is 37.1 Å². The van der Waals surface area contributed by atoms with Gasteiger partial charge in [0.15, 0.2) is 0 Å². The molecule has 1 atom stereocenters. The lowest BCUT2D eigenvalue weighted by Gasteiger charge is -2.21. The Kier molecular flexibility index (Phi) is 10.9. The molecule has 2 rings (SSSR count). The van der Waals surface area contributed by atoms with E-state index < -0.39 is 5.95 Å². The Morgan fingerprint density at radius 2 is 2.00 bits per heavy atom. The summed E-state index contributed by atoms with van der Waals surface area (Å²) in [5.74, 6) is 0.181. The zero-order valence-electron chi connectivity index (χ0n) is 18.7. The molecule has 0 amide bonds. The first-order valence-corrected chi connectivity index (χ1v) is 10.7. The highest BCUT2D eigenvalue weighted by Crippen LogP contribution is 2.24. The van der Waals surface area contributed by atoms with E-state index in [0.29, 0.717) is 36.8 Å². The number of halogens is 1. The first-order chi connectivity index (χ1) is 15.6. The second kappa shape index (κ2) is 14.0. The third kappa shape index (κ3) is 8.50. The first-order valence-electron chi connectivity index (χ1n) is 10.7. The maximum absolute atomic E-state index is 13.4. The van der Waals surface area contributed by atoms with Gasteiger partial charge in [-0.1, -0.05) is 38.1 Å². The van der Waals surface area contributed by atoms with E-state index in [1.165, 1.54) is 12.1 Å². The van der Waals surface area contributed by atoms with Crippen molar-refractivity contribution in [3.8, 4) is 11.8 Å².